The number of nitrogens with two attached hydrogens (primary N) is 1. The number of halogens is 2. The Kier molecular flexibility index (Phi) is 4.74. The van der Waals surface area contributed by atoms with Gasteiger partial charge in [-0.1, -0.05) is 27.7 Å². The predicted octanol–water partition coefficient (Wildman–Crippen LogP) is 3.84. The molecule has 10 heteroatoms. The van der Waals surface area contributed by atoms with Crippen molar-refractivity contribution >= 4 is 60.6 Å². The summed E-state index contributed by atoms with van der Waals surface area (Å²) in [4.78, 5) is 14.0. The van der Waals surface area contributed by atoms with Crippen LogP contribution in [0, 0.1) is 0 Å². The SMILES string of the molecule is Nc1ncnc2c1nc(Sc1cc3c(cc1Br)OCO3)n2CCCBr. The molecular weight excluding hydrogens is 474 g/mol. The van der Waals surface area contributed by atoms with Gasteiger partial charge in [-0.2, -0.15) is 0 Å². The Bertz CT molecular complexity index is 949. The number of hydrogen-bond acceptors (Lipinski definition) is 7. The van der Waals surface area contributed by atoms with Crippen molar-refractivity contribution in [3.63, 3.8) is 0 Å². The summed E-state index contributed by atoms with van der Waals surface area (Å²) < 4.78 is 13.9. The second kappa shape index (κ2) is 7.00. The molecule has 1 aliphatic heterocycles. The fourth-order valence-corrected chi connectivity index (χ4v) is 4.27. The monoisotopic (exact) mass is 485 g/mol. The number of fused-ring (bicyclic) bond motifs is 2. The summed E-state index contributed by atoms with van der Waals surface area (Å²) >= 11 is 8.59. The van der Waals surface area contributed by atoms with Crippen molar-refractivity contribution in [2.45, 2.75) is 23.0 Å². The maximum Gasteiger partial charge on any atom is 0.231 e. The molecule has 130 valence electrons. The largest absolute Gasteiger partial charge is 0.454 e. The van der Waals surface area contributed by atoms with Gasteiger partial charge in [0.05, 0.1) is 0 Å². The van der Waals surface area contributed by atoms with E-state index in [4.69, 9.17) is 15.2 Å². The summed E-state index contributed by atoms with van der Waals surface area (Å²) in [6.07, 6.45) is 2.42. The van der Waals surface area contributed by atoms with Gasteiger partial charge in [0.2, 0.25) is 6.79 Å². The van der Waals surface area contributed by atoms with Crippen LogP contribution in [-0.4, -0.2) is 31.6 Å². The Labute approximate surface area is 164 Å². The van der Waals surface area contributed by atoms with Crippen LogP contribution in [0.2, 0.25) is 0 Å². The van der Waals surface area contributed by atoms with E-state index >= 15 is 0 Å². The molecule has 0 unspecified atom stereocenters. The smallest absolute Gasteiger partial charge is 0.231 e. The Morgan fingerprint density at radius 1 is 1.24 bits per heavy atom. The minimum absolute atomic E-state index is 0.242. The molecule has 0 amide bonds. The number of nitrogens with zero attached hydrogens (tertiary/aromatic N) is 4. The quantitative estimate of drug-likeness (QED) is 0.548. The van der Waals surface area contributed by atoms with Crippen LogP contribution in [0.3, 0.4) is 0 Å². The third-order valence-electron chi connectivity index (χ3n) is 3.67. The number of benzene rings is 1. The zero-order chi connectivity index (χ0) is 17.4. The molecule has 0 spiro atoms. The van der Waals surface area contributed by atoms with Crippen LogP contribution in [0.1, 0.15) is 6.42 Å². The number of aryl methyl sites for hydroxylation is 1. The van der Waals surface area contributed by atoms with E-state index in [2.05, 4.69) is 51.4 Å². The number of anilines is 1. The van der Waals surface area contributed by atoms with Crippen LogP contribution in [0.25, 0.3) is 11.2 Å². The summed E-state index contributed by atoms with van der Waals surface area (Å²) in [5.74, 6) is 1.85. The molecular formula is C15H13Br2N5O2S. The first kappa shape index (κ1) is 16.9. The number of rotatable bonds is 5. The number of ether oxygens (including phenoxy) is 2. The lowest BCUT2D eigenvalue weighted by molar-refractivity contribution is 0.174. The van der Waals surface area contributed by atoms with Gasteiger partial charge < -0.3 is 19.8 Å². The van der Waals surface area contributed by atoms with Crippen molar-refractivity contribution in [2.75, 3.05) is 17.9 Å². The lowest BCUT2D eigenvalue weighted by Gasteiger charge is -2.09. The zero-order valence-electron chi connectivity index (χ0n) is 12.9. The highest BCUT2D eigenvalue weighted by atomic mass is 79.9. The number of nitrogen functional groups attached to an aromatic ring is 1. The molecule has 1 aliphatic rings. The van der Waals surface area contributed by atoms with Crippen LogP contribution in [-0.2, 0) is 6.54 Å². The highest BCUT2D eigenvalue weighted by molar-refractivity contribution is 9.10. The van der Waals surface area contributed by atoms with Gasteiger partial charge in [-0.05, 0) is 34.5 Å². The van der Waals surface area contributed by atoms with Crippen molar-refractivity contribution in [3.05, 3.63) is 22.9 Å². The van der Waals surface area contributed by atoms with E-state index in [1.165, 1.54) is 18.1 Å². The highest BCUT2D eigenvalue weighted by Crippen LogP contribution is 2.43. The Hall–Kier alpha value is -1.52. The lowest BCUT2D eigenvalue weighted by atomic mass is 10.3. The van der Waals surface area contributed by atoms with Crippen LogP contribution < -0.4 is 15.2 Å². The number of alkyl halides is 1. The zero-order valence-corrected chi connectivity index (χ0v) is 16.9. The van der Waals surface area contributed by atoms with Crippen molar-refractivity contribution in [1.82, 2.24) is 19.5 Å². The van der Waals surface area contributed by atoms with Gasteiger partial charge in [0.25, 0.3) is 0 Å². The van der Waals surface area contributed by atoms with Gasteiger partial charge in [0.15, 0.2) is 33.6 Å². The van der Waals surface area contributed by atoms with E-state index in [1.807, 2.05) is 12.1 Å². The fourth-order valence-electron chi connectivity index (χ4n) is 2.51. The molecule has 0 saturated heterocycles. The van der Waals surface area contributed by atoms with Crippen molar-refractivity contribution in [3.8, 4) is 11.5 Å². The first-order valence-electron chi connectivity index (χ1n) is 7.47. The summed E-state index contributed by atoms with van der Waals surface area (Å²) in [5.41, 5.74) is 7.34. The highest BCUT2D eigenvalue weighted by Gasteiger charge is 2.20. The Morgan fingerprint density at radius 2 is 2.04 bits per heavy atom. The molecule has 0 atom stereocenters. The Balaban J connectivity index is 1.77. The molecule has 7 nitrogen and oxygen atoms in total. The third-order valence-corrected chi connectivity index (χ3v) is 6.20. The first-order chi connectivity index (χ1) is 12.2. The van der Waals surface area contributed by atoms with E-state index in [9.17, 15) is 0 Å². The third kappa shape index (κ3) is 3.18. The number of imidazole rings is 1. The minimum Gasteiger partial charge on any atom is -0.454 e. The van der Waals surface area contributed by atoms with Gasteiger partial charge in [0.1, 0.15) is 6.33 Å². The van der Waals surface area contributed by atoms with Crippen LogP contribution in [0.15, 0.2) is 33.0 Å². The molecule has 0 aliphatic carbocycles. The maximum absolute atomic E-state index is 5.97. The summed E-state index contributed by atoms with van der Waals surface area (Å²) in [5, 5.41) is 1.70. The standard InChI is InChI=1S/C15H13Br2N5O2S/c16-2-1-3-22-14-12(13(18)19-6-20-14)21-15(22)25-11-5-10-9(4-8(11)17)23-7-24-10/h4-6H,1-3,7H2,(H2,18,19,20). The predicted molar refractivity (Wildman–Crippen MR) is 103 cm³/mol. The molecule has 0 radical (unpaired) electrons. The normalized spacial score (nSPS) is 12.9. The fraction of sp³-hybridized carbons (Fsp3) is 0.267. The van der Waals surface area contributed by atoms with E-state index < -0.39 is 0 Å². The van der Waals surface area contributed by atoms with Gasteiger partial charge in [-0.25, -0.2) is 15.0 Å². The number of aromatic nitrogens is 4. The molecule has 0 bridgehead atoms. The average Bonchev–Trinajstić information content (AvgIpc) is 3.18. The van der Waals surface area contributed by atoms with Gasteiger partial charge in [-0.15, -0.1) is 0 Å². The topological polar surface area (TPSA) is 88.1 Å². The molecule has 2 N–H and O–H groups in total. The summed E-state index contributed by atoms with van der Waals surface area (Å²) in [6, 6.07) is 3.85. The van der Waals surface area contributed by atoms with E-state index in [0.29, 0.717) is 11.3 Å². The van der Waals surface area contributed by atoms with Crippen molar-refractivity contribution < 1.29 is 9.47 Å². The van der Waals surface area contributed by atoms with E-state index in [-0.39, 0.29) is 6.79 Å². The average molecular weight is 487 g/mol. The molecule has 1 aromatic carbocycles. The Morgan fingerprint density at radius 3 is 2.84 bits per heavy atom. The van der Waals surface area contributed by atoms with Gasteiger partial charge in [0, 0.05) is 21.2 Å². The molecule has 3 heterocycles. The molecule has 4 rings (SSSR count). The van der Waals surface area contributed by atoms with E-state index in [1.54, 1.807) is 0 Å². The maximum atomic E-state index is 5.97. The van der Waals surface area contributed by atoms with Crippen LogP contribution >= 0.6 is 43.6 Å². The lowest BCUT2D eigenvalue weighted by Crippen LogP contribution is -2.02. The molecule has 0 saturated carbocycles. The second-order valence-electron chi connectivity index (χ2n) is 5.26. The van der Waals surface area contributed by atoms with Crippen LogP contribution in [0.4, 0.5) is 5.82 Å². The van der Waals surface area contributed by atoms with Crippen LogP contribution in [0.5, 0.6) is 11.5 Å². The van der Waals surface area contributed by atoms with Gasteiger partial charge >= 0.3 is 0 Å². The second-order valence-corrected chi connectivity index (χ2v) is 7.91. The van der Waals surface area contributed by atoms with E-state index in [0.717, 1.165) is 50.0 Å². The molecule has 3 aromatic rings. The van der Waals surface area contributed by atoms with Crippen molar-refractivity contribution in [1.29, 1.82) is 0 Å². The molecule has 0 fully saturated rings. The minimum atomic E-state index is 0.242. The van der Waals surface area contributed by atoms with Crippen molar-refractivity contribution in [2.24, 2.45) is 0 Å². The number of hydrogen-bond donors (Lipinski definition) is 1. The first-order valence-corrected chi connectivity index (χ1v) is 10.2. The summed E-state index contributed by atoms with van der Waals surface area (Å²) in [6.45, 7) is 1.02. The summed E-state index contributed by atoms with van der Waals surface area (Å²) in [7, 11) is 0. The van der Waals surface area contributed by atoms with Gasteiger partial charge in [-0.3, -0.25) is 0 Å². The molecule has 2 aromatic heterocycles. The molecule has 25 heavy (non-hydrogen) atoms.